The summed E-state index contributed by atoms with van der Waals surface area (Å²) in [4.78, 5) is 12.8. The lowest BCUT2D eigenvalue weighted by atomic mass is 9.72. The molecule has 4 rings (SSSR count). The quantitative estimate of drug-likeness (QED) is 0.135. The van der Waals surface area contributed by atoms with E-state index >= 15 is 0 Å². The molecule has 15 atom stereocenters. The number of nitrogens with one attached hydrogen (secondary N) is 2. The molecule has 0 aromatic carbocycles. The van der Waals surface area contributed by atoms with Crippen molar-refractivity contribution in [2.24, 2.45) is 28.9 Å². The summed E-state index contributed by atoms with van der Waals surface area (Å²) in [6.45, 7) is 2.76. The summed E-state index contributed by atoms with van der Waals surface area (Å²) in [6, 6.07) is -4.04. The smallest absolute Gasteiger partial charge is 0.253 e. The highest BCUT2D eigenvalue weighted by Gasteiger charge is 2.59. The van der Waals surface area contributed by atoms with E-state index in [1.54, 1.807) is 0 Å². The maximum atomic E-state index is 12.8. The average Bonchev–Trinajstić information content (AvgIpc) is 3.49. The van der Waals surface area contributed by atoms with Gasteiger partial charge in [0.15, 0.2) is 11.9 Å². The Kier molecular flexibility index (Phi) is 9.31. The van der Waals surface area contributed by atoms with E-state index in [4.69, 9.17) is 37.1 Å². The molecule has 0 radical (unpaired) electrons. The van der Waals surface area contributed by atoms with E-state index in [1.165, 1.54) is 0 Å². The first kappa shape index (κ1) is 29.9. The van der Waals surface area contributed by atoms with Gasteiger partial charge in [0.05, 0.1) is 49.2 Å². The predicted molar refractivity (Wildman–Crippen MR) is 132 cm³/mol. The number of likely N-dealkylation sites (N-methyl/N-ethyl adjacent to an activating group) is 1. The van der Waals surface area contributed by atoms with Gasteiger partial charge in [0.2, 0.25) is 0 Å². The normalized spacial score (nSPS) is 51.4. The minimum atomic E-state index is -1.73. The van der Waals surface area contributed by atoms with E-state index in [1.807, 2.05) is 6.92 Å². The monoisotopic (exact) mass is 548 g/mol. The highest BCUT2D eigenvalue weighted by atomic mass is 16.7. The van der Waals surface area contributed by atoms with E-state index in [0.717, 1.165) is 0 Å². The van der Waals surface area contributed by atoms with Gasteiger partial charge < -0.3 is 73.3 Å². The van der Waals surface area contributed by atoms with E-state index in [-0.39, 0.29) is 25.9 Å². The lowest BCUT2D eigenvalue weighted by molar-refractivity contribution is -0.283. The first-order valence-corrected chi connectivity index (χ1v) is 13.3. The highest BCUT2D eigenvalue weighted by Crippen LogP contribution is 2.38. The number of nitrogens with two attached hydrogens (primary N) is 4. The summed E-state index contributed by atoms with van der Waals surface area (Å²) in [7, 11) is 0. The highest BCUT2D eigenvalue weighted by molar-refractivity contribution is 5.89. The molecule has 2 aliphatic heterocycles. The fourth-order valence-electron chi connectivity index (χ4n) is 5.77. The van der Waals surface area contributed by atoms with Crippen LogP contribution in [0.1, 0.15) is 26.2 Å². The molecule has 0 spiro atoms. The molecule has 15 nitrogen and oxygen atoms in total. The van der Waals surface area contributed by atoms with E-state index < -0.39 is 96.7 Å². The second-order valence-corrected chi connectivity index (χ2v) is 11.1. The van der Waals surface area contributed by atoms with Gasteiger partial charge in [0.25, 0.3) is 5.91 Å². The maximum Gasteiger partial charge on any atom is 0.253 e. The Bertz CT molecular complexity index is 830. The van der Waals surface area contributed by atoms with Crippen LogP contribution >= 0.6 is 0 Å². The molecule has 2 saturated carbocycles. The molecule has 0 bridgehead atoms. The molecule has 220 valence electrons. The molecule has 2 aliphatic carbocycles. The first-order chi connectivity index (χ1) is 17.9. The molecule has 15 unspecified atom stereocenters. The third kappa shape index (κ3) is 5.85. The number of carbonyl (C=O) groups is 1. The summed E-state index contributed by atoms with van der Waals surface area (Å²) in [5.41, 5.74) is 22.8. The van der Waals surface area contributed by atoms with Crippen LogP contribution in [-0.2, 0) is 19.0 Å². The van der Waals surface area contributed by atoms with Gasteiger partial charge in [-0.15, -0.1) is 0 Å². The fraction of sp³-hybridized carbons (Fsp3) is 0.957. The van der Waals surface area contributed by atoms with Crippen molar-refractivity contribution >= 4 is 5.91 Å². The standard InChI is InChI=1S/C23H44N6O9/c1-2-28-6-13-11(30)4-9(25)19(37-13)15-8(24)3-10(29-22(34)23(35)5-14(23)26)20(17(15)32)38-21-18(33)16(27)12(31)7-36-21/h8-21,28,30-33,35H,2-7,24-27H2,1H3,(H,29,34). The second kappa shape index (κ2) is 11.8. The van der Waals surface area contributed by atoms with Gasteiger partial charge in [0, 0.05) is 37.0 Å². The van der Waals surface area contributed by atoms with Crippen LogP contribution in [0.4, 0.5) is 0 Å². The summed E-state index contributed by atoms with van der Waals surface area (Å²) in [6.07, 6.45) is -8.12. The van der Waals surface area contributed by atoms with Crippen LogP contribution < -0.4 is 33.6 Å². The zero-order chi connectivity index (χ0) is 27.9. The number of hydrogen-bond acceptors (Lipinski definition) is 14. The number of hydrogen-bond donors (Lipinski definition) is 11. The Balaban J connectivity index is 1.56. The minimum Gasteiger partial charge on any atom is -0.390 e. The fourth-order valence-corrected chi connectivity index (χ4v) is 5.77. The molecule has 1 amide bonds. The summed E-state index contributed by atoms with van der Waals surface area (Å²) >= 11 is 0. The first-order valence-electron chi connectivity index (χ1n) is 13.3. The van der Waals surface area contributed by atoms with Crippen molar-refractivity contribution in [2.45, 2.75) is 111 Å². The summed E-state index contributed by atoms with van der Waals surface area (Å²) < 4.78 is 17.6. The van der Waals surface area contributed by atoms with Crippen molar-refractivity contribution in [3.63, 3.8) is 0 Å². The zero-order valence-electron chi connectivity index (χ0n) is 21.5. The topological polar surface area (TPSA) is 274 Å². The van der Waals surface area contributed by atoms with Crippen LogP contribution in [-0.4, -0.2) is 136 Å². The Morgan fingerprint density at radius 2 is 1.74 bits per heavy atom. The molecule has 0 aromatic heterocycles. The SMILES string of the molecule is CCNCC1OC(C2C(N)CC(NC(=O)C3(O)CC3N)C(OC3OCC(O)C(N)C3O)C2O)C(N)CC1O. The maximum absolute atomic E-state index is 12.8. The number of ether oxygens (including phenoxy) is 3. The van der Waals surface area contributed by atoms with Crippen molar-refractivity contribution in [3.8, 4) is 0 Å². The molecular weight excluding hydrogens is 504 g/mol. The molecule has 2 saturated heterocycles. The number of aliphatic hydroxyl groups excluding tert-OH is 4. The number of rotatable bonds is 8. The molecule has 4 fully saturated rings. The van der Waals surface area contributed by atoms with Gasteiger partial charge in [-0.05, 0) is 19.4 Å². The van der Waals surface area contributed by atoms with Crippen molar-refractivity contribution < 1.29 is 44.5 Å². The third-order valence-electron chi connectivity index (χ3n) is 8.35. The predicted octanol–water partition coefficient (Wildman–Crippen LogP) is -6.11. The zero-order valence-corrected chi connectivity index (χ0v) is 21.5. The Labute approximate surface area is 221 Å². The molecule has 0 aromatic rings. The molecular formula is C23H44N6O9. The summed E-state index contributed by atoms with van der Waals surface area (Å²) in [5.74, 6) is -1.50. The van der Waals surface area contributed by atoms with E-state index in [0.29, 0.717) is 13.1 Å². The van der Waals surface area contributed by atoms with Crippen molar-refractivity contribution in [2.75, 3.05) is 19.7 Å². The molecule has 2 heterocycles. The van der Waals surface area contributed by atoms with Crippen LogP contribution in [0.2, 0.25) is 0 Å². The van der Waals surface area contributed by atoms with E-state index in [2.05, 4.69) is 10.6 Å². The largest absolute Gasteiger partial charge is 0.390 e. The van der Waals surface area contributed by atoms with Crippen molar-refractivity contribution in [1.82, 2.24) is 10.6 Å². The Morgan fingerprint density at radius 1 is 1.05 bits per heavy atom. The third-order valence-corrected chi connectivity index (χ3v) is 8.35. The Morgan fingerprint density at radius 3 is 2.37 bits per heavy atom. The van der Waals surface area contributed by atoms with Crippen LogP contribution in [0, 0.1) is 5.92 Å². The lowest BCUT2D eigenvalue weighted by Crippen LogP contribution is -2.69. The minimum absolute atomic E-state index is 0.0891. The van der Waals surface area contributed by atoms with Crippen LogP contribution in [0.15, 0.2) is 0 Å². The molecule has 15 N–H and O–H groups in total. The van der Waals surface area contributed by atoms with Gasteiger partial charge in [-0.2, -0.15) is 0 Å². The Hall–Kier alpha value is -1.05. The van der Waals surface area contributed by atoms with Gasteiger partial charge in [-0.3, -0.25) is 4.79 Å². The molecule has 38 heavy (non-hydrogen) atoms. The number of aliphatic hydroxyl groups is 5. The number of amides is 1. The van der Waals surface area contributed by atoms with Gasteiger partial charge in [-0.25, -0.2) is 0 Å². The van der Waals surface area contributed by atoms with E-state index in [9.17, 15) is 30.3 Å². The van der Waals surface area contributed by atoms with Crippen molar-refractivity contribution in [3.05, 3.63) is 0 Å². The van der Waals surface area contributed by atoms with Gasteiger partial charge in [0.1, 0.15) is 12.2 Å². The average molecular weight is 549 g/mol. The second-order valence-electron chi connectivity index (χ2n) is 11.1. The number of carbonyl (C=O) groups excluding carboxylic acids is 1. The van der Waals surface area contributed by atoms with Crippen LogP contribution in [0.25, 0.3) is 0 Å². The van der Waals surface area contributed by atoms with Crippen LogP contribution in [0.5, 0.6) is 0 Å². The van der Waals surface area contributed by atoms with Crippen molar-refractivity contribution in [1.29, 1.82) is 0 Å². The van der Waals surface area contributed by atoms with Crippen LogP contribution in [0.3, 0.4) is 0 Å². The lowest BCUT2D eigenvalue weighted by Gasteiger charge is -2.51. The van der Waals surface area contributed by atoms with Gasteiger partial charge in [-0.1, -0.05) is 6.92 Å². The van der Waals surface area contributed by atoms with Gasteiger partial charge >= 0.3 is 0 Å². The molecule has 4 aliphatic rings. The summed E-state index contributed by atoms with van der Waals surface area (Å²) in [5, 5.41) is 58.8. The molecule has 15 heteroatoms.